The van der Waals surface area contributed by atoms with Crippen molar-refractivity contribution in [1.29, 1.82) is 0 Å². The largest absolute Gasteiger partial charge is 0.337 e. The zero-order chi connectivity index (χ0) is 18.8. The Kier molecular flexibility index (Phi) is 5.09. The first-order valence-electron chi connectivity index (χ1n) is 9.07. The molecule has 8 heteroatoms. The summed E-state index contributed by atoms with van der Waals surface area (Å²) in [5.41, 5.74) is 3.25. The molecule has 0 aliphatic carbocycles. The van der Waals surface area contributed by atoms with Crippen LogP contribution < -0.4 is 0 Å². The van der Waals surface area contributed by atoms with Gasteiger partial charge in [0.25, 0.3) is 0 Å². The summed E-state index contributed by atoms with van der Waals surface area (Å²) in [7, 11) is 4.08. The predicted octanol–water partition coefficient (Wildman–Crippen LogP) is 1.89. The van der Waals surface area contributed by atoms with Gasteiger partial charge >= 0.3 is 0 Å². The molecule has 1 aliphatic rings. The zero-order valence-electron chi connectivity index (χ0n) is 15.7. The molecular formula is C19H24N6OS. The maximum atomic E-state index is 12.6. The third-order valence-corrected chi connectivity index (χ3v) is 5.63. The molecule has 3 aromatic heterocycles. The maximum absolute atomic E-state index is 12.6. The lowest BCUT2D eigenvalue weighted by atomic mass is 10.2. The van der Waals surface area contributed by atoms with Gasteiger partial charge in [0.1, 0.15) is 5.82 Å². The molecule has 7 nitrogen and oxygen atoms in total. The quantitative estimate of drug-likeness (QED) is 0.651. The number of amides is 1. The maximum Gasteiger partial charge on any atom is 0.227 e. The number of carbonyl (C=O) groups is 1. The second-order valence-corrected chi connectivity index (χ2v) is 7.88. The summed E-state index contributed by atoms with van der Waals surface area (Å²) < 4.78 is 4.07. The number of thiophene rings is 1. The molecule has 4 heterocycles. The molecule has 142 valence electrons. The Balaban J connectivity index is 1.37. The number of hydrogen-bond donors (Lipinski definition) is 0. The fourth-order valence-electron chi connectivity index (χ4n) is 3.42. The van der Waals surface area contributed by atoms with E-state index < -0.39 is 0 Å². The van der Waals surface area contributed by atoms with Crippen LogP contribution in [0.25, 0.3) is 0 Å². The lowest BCUT2D eigenvalue weighted by Gasteiger charge is -2.27. The van der Waals surface area contributed by atoms with Gasteiger partial charge in [0, 0.05) is 32.5 Å². The van der Waals surface area contributed by atoms with Crippen molar-refractivity contribution in [2.45, 2.75) is 32.6 Å². The second kappa shape index (κ2) is 7.66. The van der Waals surface area contributed by atoms with Crippen LogP contribution in [0.15, 0.2) is 35.3 Å². The Morgan fingerprint density at radius 3 is 2.96 bits per heavy atom. The molecule has 0 radical (unpaired) electrons. The van der Waals surface area contributed by atoms with Crippen molar-refractivity contribution in [2.24, 2.45) is 7.05 Å². The molecule has 4 rings (SSSR count). The van der Waals surface area contributed by atoms with E-state index in [4.69, 9.17) is 5.10 Å². The zero-order valence-corrected chi connectivity index (χ0v) is 16.5. The third-order valence-electron chi connectivity index (χ3n) is 4.90. The average Bonchev–Trinajstić information content (AvgIpc) is 3.36. The third kappa shape index (κ3) is 4.12. The average molecular weight is 385 g/mol. The summed E-state index contributed by atoms with van der Waals surface area (Å²) >= 11 is 1.63. The molecule has 0 aromatic carbocycles. The minimum absolute atomic E-state index is 0.189. The van der Waals surface area contributed by atoms with Crippen molar-refractivity contribution >= 4 is 17.2 Å². The molecular weight excluding hydrogens is 360 g/mol. The number of aryl methyl sites for hydroxylation is 1. The molecule has 0 atom stereocenters. The van der Waals surface area contributed by atoms with Crippen LogP contribution in [0.2, 0.25) is 0 Å². The molecule has 0 saturated heterocycles. The molecule has 3 aromatic rings. The summed E-state index contributed by atoms with van der Waals surface area (Å²) in [6, 6.07) is 4.14. The highest BCUT2D eigenvalue weighted by Crippen LogP contribution is 2.17. The normalized spacial score (nSPS) is 14.0. The number of hydrogen-bond acceptors (Lipinski definition) is 5. The second-order valence-electron chi connectivity index (χ2n) is 7.10. The fourth-order valence-corrected chi connectivity index (χ4v) is 4.09. The summed E-state index contributed by atoms with van der Waals surface area (Å²) in [5, 5.41) is 8.78. The Labute approximate surface area is 162 Å². The van der Waals surface area contributed by atoms with Crippen LogP contribution in [0.4, 0.5) is 0 Å². The van der Waals surface area contributed by atoms with Crippen LogP contribution in [0.1, 0.15) is 22.8 Å². The standard InChI is InChI=1S/C19H24N6OS/c1-22(13-18-20-4-5-23(18)2)11-16-10-17-12-24(6-7-25(17)21-16)19(26)9-15-3-8-27-14-15/h3-5,8,10,14H,6-7,9,11-13H2,1-2H3. The Hall–Kier alpha value is -2.45. The van der Waals surface area contributed by atoms with Gasteiger partial charge in [0.05, 0.1) is 37.4 Å². The highest BCUT2D eigenvalue weighted by Gasteiger charge is 2.22. The summed E-state index contributed by atoms with van der Waals surface area (Å²) in [4.78, 5) is 21.1. The summed E-state index contributed by atoms with van der Waals surface area (Å²) in [6.07, 6.45) is 4.26. The van der Waals surface area contributed by atoms with Crippen LogP contribution in [-0.4, -0.2) is 48.6 Å². The molecule has 0 bridgehead atoms. The van der Waals surface area contributed by atoms with Gasteiger partial charge in [-0.15, -0.1) is 0 Å². The van der Waals surface area contributed by atoms with Gasteiger partial charge in [-0.25, -0.2) is 4.98 Å². The van der Waals surface area contributed by atoms with Crippen molar-refractivity contribution in [3.63, 3.8) is 0 Å². The molecule has 27 heavy (non-hydrogen) atoms. The SMILES string of the molecule is CN(Cc1cc2n(n1)CCN(C(=O)Cc1ccsc1)C2)Cc1nccn1C. The minimum atomic E-state index is 0.189. The monoisotopic (exact) mass is 384 g/mol. The predicted molar refractivity (Wildman–Crippen MR) is 104 cm³/mol. The summed E-state index contributed by atoms with van der Waals surface area (Å²) in [6.45, 7) is 3.65. The van der Waals surface area contributed by atoms with Gasteiger partial charge in [-0.05, 0) is 35.5 Å². The smallest absolute Gasteiger partial charge is 0.227 e. The highest BCUT2D eigenvalue weighted by molar-refractivity contribution is 7.08. The van der Waals surface area contributed by atoms with Crippen molar-refractivity contribution < 1.29 is 4.79 Å². The molecule has 1 aliphatic heterocycles. The Morgan fingerprint density at radius 1 is 1.33 bits per heavy atom. The van der Waals surface area contributed by atoms with Gasteiger partial charge in [0.2, 0.25) is 5.91 Å². The van der Waals surface area contributed by atoms with E-state index in [0.29, 0.717) is 13.0 Å². The van der Waals surface area contributed by atoms with Crippen molar-refractivity contribution in [2.75, 3.05) is 13.6 Å². The molecule has 0 fully saturated rings. The van der Waals surface area contributed by atoms with E-state index in [2.05, 4.69) is 23.0 Å². The molecule has 0 spiro atoms. The Morgan fingerprint density at radius 2 is 2.22 bits per heavy atom. The van der Waals surface area contributed by atoms with Crippen LogP contribution >= 0.6 is 11.3 Å². The van der Waals surface area contributed by atoms with E-state index in [1.165, 1.54) is 0 Å². The first-order chi connectivity index (χ1) is 13.1. The van der Waals surface area contributed by atoms with Crippen LogP contribution in [-0.2, 0) is 44.4 Å². The van der Waals surface area contributed by atoms with E-state index in [9.17, 15) is 4.79 Å². The first-order valence-corrected chi connectivity index (χ1v) is 10.0. The van der Waals surface area contributed by atoms with Gasteiger partial charge in [0.15, 0.2) is 0 Å². The number of fused-ring (bicyclic) bond motifs is 1. The van der Waals surface area contributed by atoms with Crippen LogP contribution in [0.5, 0.6) is 0 Å². The van der Waals surface area contributed by atoms with Gasteiger partial charge < -0.3 is 9.47 Å². The van der Waals surface area contributed by atoms with Crippen molar-refractivity contribution in [3.05, 3.63) is 58.1 Å². The van der Waals surface area contributed by atoms with E-state index in [-0.39, 0.29) is 5.91 Å². The van der Waals surface area contributed by atoms with E-state index >= 15 is 0 Å². The van der Waals surface area contributed by atoms with Gasteiger partial charge in [-0.2, -0.15) is 16.4 Å². The summed E-state index contributed by atoms with van der Waals surface area (Å²) in [5.74, 6) is 1.22. The topological polar surface area (TPSA) is 59.2 Å². The lowest BCUT2D eigenvalue weighted by Crippen LogP contribution is -2.39. The van der Waals surface area contributed by atoms with Crippen LogP contribution in [0.3, 0.4) is 0 Å². The first kappa shape index (κ1) is 17.9. The highest BCUT2D eigenvalue weighted by atomic mass is 32.1. The van der Waals surface area contributed by atoms with E-state index in [0.717, 1.165) is 49.0 Å². The Bertz CT molecular complexity index is 913. The number of imidazole rings is 1. The molecule has 1 amide bonds. The number of rotatable bonds is 6. The number of aromatic nitrogens is 4. The minimum Gasteiger partial charge on any atom is -0.337 e. The van der Waals surface area contributed by atoms with Crippen molar-refractivity contribution in [1.82, 2.24) is 29.1 Å². The molecule has 0 unspecified atom stereocenters. The van der Waals surface area contributed by atoms with Gasteiger partial charge in [-0.3, -0.25) is 14.4 Å². The number of nitrogens with zero attached hydrogens (tertiary/aromatic N) is 6. The fraction of sp³-hybridized carbons (Fsp3) is 0.421. The van der Waals surface area contributed by atoms with Gasteiger partial charge in [-0.1, -0.05) is 0 Å². The molecule has 0 N–H and O–H groups in total. The number of carbonyl (C=O) groups excluding carboxylic acids is 1. The van der Waals surface area contributed by atoms with Crippen molar-refractivity contribution in [3.8, 4) is 0 Å². The van der Waals surface area contributed by atoms with E-state index in [1.54, 1.807) is 11.3 Å². The van der Waals surface area contributed by atoms with E-state index in [1.807, 2.05) is 50.4 Å². The molecule has 0 saturated carbocycles. The van der Waals surface area contributed by atoms with Crippen LogP contribution in [0, 0.1) is 0 Å². The lowest BCUT2D eigenvalue weighted by molar-refractivity contribution is -0.131.